The average molecular weight is 207 g/mol. The largest absolute Gasteiger partial charge is 0.395 e. The first-order valence-corrected chi connectivity index (χ1v) is 5.32. The zero-order valence-electron chi connectivity index (χ0n) is 8.94. The van der Waals surface area contributed by atoms with Crippen molar-refractivity contribution >= 4 is 0 Å². The Kier molecular flexibility index (Phi) is 3.36. The van der Waals surface area contributed by atoms with Gasteiger partial charge in [-0.05, 0) is 18.1 Å². The van der Waals surface area contributed by atoms with Crippen LogP contribution in [0.5, 0.6) is 0 Å². The highest BCUT2D eigenvalue weighted by molar-refractivity contribution is 5.28. The lowest BCUT2D eigenvalue weighted by Gasteiger charge is -2.30. The molecule has 1 heterocycles. The molecule has 1 aliphatic rings. The van der Waals surface area contributed by atoms with Crippen LogP contribution in [0, 0.1) is 6.92 Å². The van der Waals surface area contributed by atoms with Gasteiger partial charge in [0.2, 0.25) is 0 Å². The molecule has 0 saturated carbocycles. The van der Waals surface area contributed by atoms with Gasteiger partial charge in [0.05, 0.1) is 25.4 Å². The highest BCUT2D eigenvalue weighted by Gasteiger charge is 2.22. The number of aryl methyl sites for hydroxylation is 1. The van der Waals surface area contributed by atoms with Crippen molar-refractivity contribution in [2.45, 2.75) is 19.1 Å². The molecule has 0 spiro atoms. The van der Waals surface area contributed by atoms with Crippen LogP contribution in [0.3, 0.4) is 0 Å². The number of hydrogen-bond donors (Lipinski definition) is 2. The van der Waals surface area contributed by atoms with Crippen molar-refractivity contribution in [3.05, 3.63) is 35.4 Å². The average Bonchev–Trinajstić information content (AvgIpc) is 2.30. The van der Waals surface area contributed by atoms with Gasteiger partial charge in [-0.1, -0.05) is 24.3 Å². The van der Waals surface area contributed by atoms with Crippen LogP contribution in [0.2, 0.25) is 0 Å². The second-order valence-electron chi connectivity index (χ2n) is 3.97. The number of nitrogens with one attached hydrogen (secondary N) is 1. The molecule has 82 valence electrons. The molecule has 1 aromatic carbocycles. The minimum atomic E-state index is 0.0882. The standard InChI is InChI=1S/C12H17NO2/c1-9-4-2-3-5-11(9)12-6-13-10(7-14)8-15-12/h2-5,10,12-14H,6-8H2,1H3. The summed E-state index contributed by atoms with van der Waals surface area (Å²) in [7, 11) is 0. The van der Waals surface area contributed by atoms with E-state index in [2.05, 4.69) is 24.4 Å². The molecule has 0 radical (unpaired) electrons. The van der Waals surface area contributed by atoms with Crippen molar-refractivity contribution in [3.8, 4) is 0 Å². The SMILES string of the molecule is Cc1ccccc1C1CNC(CO)CO1. The predicted molar refractivity (Wildman–Crippen MR) is 58.7 cm³/mol. The van der Waals surface area contributed by atoms with Gasteiger partial charge >= 0.3 is 0 Å². The minimum absolute atomic E-state index is 0.0882. The molecule has 2 N–H and O–H groups in total. The number of aliphatic hydroxyl groups excluding tert-OH is 1. The maximum Gasteiger partial charge on any atom is 0.0952 e. The van der Waals surface area contributed by atoms with Gasteiger partial charge in [0.15, 0.2) is 0 Å². The van der Waals surface area contributed by atoms with E-state index in [4.69, 9.17) is 9.84 Å². The zero-order valence-corrected chi connectivity index (χ0v) is 8.94. The van der Waals surface area contributed by atoms with E-state index in [1.54, 1.807) is 0 Å². The molecule has 2 atom stereocenters. The number of hydrogen-bond acceptors (Lipinski definition) is 3. The molecule has 1 aromatic rings. The van der Waals surface area contributed by atoms with Crippen molar-refractivity contribution < 1.29 is 9.84 Å². The summed E-state index contributed by atoms with van der Waals surface area (Å²) < 4.78 is 5.73. The van der Waals surface area contributed by atoms with Gasteiger partial charge in [0.25, 0.3) is 0 Å². The van der Waals surface area contributed by atoms with Crippen LogP contribution in [0.1, 0.15) is 17.2 Å². The summed E-state index contributed by atoms with van der Waals surface area (Å²) in [6.45, 7) is 3.59. The van der Waals surface area contributed by atoms with Crippen molar-refractivity contribution in [2.75, 3.05) is 19.8 Å². The topological polar surface area (TPSA) is 41.5 Å². The molecule has 15 heavy (non-hydrogen) atoms. The third-order valence-electron chi connectivity index (χ3n) is 2.85. The molecular formula is C12H17NO2. The Morgan fingerprint density at radius 3 is 2.87 bits per heavy atom. The quantitative estimate of drug-likeness (QED) is 0.760. The smallest absolute Gasteiger partial charge is 0.0952 e. The fourth-order valence-corrected chi connectivity index (χ4v) is 1.89. The Morgan fingerprint density at radius 1 is 1.47 bits per heavy atom. The van der Waals surface area contributed by atoms with Crippen LogP contribution < -0.4 is 5.32 Å². The van der Waals surface area contributed by atoms with E-state index in [0.717, 1.165) is 6.54 Å². The second-order valence-corrected chi connectivity index (χ2v) is 3.97. The monoisotopic (exact) mass is 207 g/mol. The van der Waals surface area contributed by atoms with Gasteiger partial charge in [-0.3, -0.25) is 0 Å². The molecule has 0 bridgehead atoms. The number of ether oxygens (including phenoxy) is 1. The lowest BCUT2D eigenvalue weighted by molar-refractivity contribution is -0.00981. The van der Waals surface area contributed by atoms with E-state index in [0.29, 0.717) is 6.61 Å². The molecule has 0 aliphatic carbocycles. The van der Waals surface area contributed by atoms with Crippen LogP contribution in [-0.2, 0) is 4.74 Å². The summed E-state index contributed by atoms with van der Waals surface area (Å²) in [4.78, 5) is 0. The van der Waals surface area contributed by atoms with Crippen LogP contribution in [-0.4, -0.2) is 30.9 Å². The normalized spacial score (nSPS) is 26.5. The minimum Gasteiger partial charge on any atom is -0.395 e. The molecule has 1 fully saturated rings. The van der Waals surface area contributed by atoms with Crippen molar-refractivity contribution in [3.63, 3.8) is 0 Å². The van der Waals surface area contributed by atoms with E-state index >= 15 is 0 Å². The lowest BCUT2D eigenvalue weighted by Crippen LogP contribution is -2.45. The molecule has 1 saturated heterocycles. The highest BCUT2D eigenvalue weighted by Crippen LogP contribution is 2.22. The van der Waals surface area contributed by atoms with E-state index < -0.39 is 0 Å². The second kappa shape index (κ2) is 4.75. The van der Waals surface area contributed by atoms with Gasteiger partial charge in [0, 0.05) is 6.54 Å². The van der Waals surface area contributed by atoms with Gasteiger partial charge in [-0.25, -0.2) is 0 Å². The molecule has 3 heteroatoms. The number of aliphatic hydroxyl groups is 1. The van der Waals surface area contributed by atoms with Gasteiger partial charge in [0.1, 0.15) is 0 Å². The molecule has 0 aromatic heterocycles. The van der Waals surface area contributed by atoms with E-state index in [9.17, 15) is 0 Å². The van der Waals surface area contributed by atoms with Crippen LogP contribution in [0.15, 0.2) is 24.3 Å². The number of benzene rings is 1. The molecule has 2 unspecified atom stereocenters. The third-order valence-corrected chi connectivity index (χ3v) is 2.85. The summed E-state index contributed by atoms with van der Waals surface area (Å²) >= 11 is 0. The Labute approximate surface area is 90.1 Å². The van der Waals surface area contributed by atoms with E-state index in [1.165, 1.54) is 11.1 Å². The first-order chi connectivity index (χ1) is 7.31. The first kappa shape index (κ1) is 10.6. The summed E-state index contributed by atoms with van der Waals surface area (Å²) in [5.74, 6) is 0. The van der Waals surface area contributed by atoms with Crippen molar-refractivity contribution in [1.29, 1.82) is 0 Å². The number of rotatable bonds is 2. The molecule has 1 aliphatic heterocycles. The highest BCUT2D eigenvalue weighted by atomic mass is 16.5. The predicted octanol–water partition coefficient (Wildman–Crippen LogP) is 1.02. The summed E-state index contributed by atoms with van der Waals surface area (Å²) in [6.07, 6.45) is 0.119. The molecule has 2 rings (SSSR count). The van der Waals surface area contributed by atoms with Crippen LogP contribution in [0.25, 0.3) is 0 Å². The van der Waals surface area contributed by atoms with Gasteiger partial charge < -0.3 is 15.2 Å². The number of morpholine rings is 1. The van der Waals surface area contributed by atoms with Crippen molar-refractivity contribution in [2.24, 2.45) is 0 Å². The van der Waals surface area contributed by atoms with Crippen molar-refractivity contribution in [1.82, 2.24) is 5.32 Å². The van der Waals surface area contributed by atoms with E-state index in [1.807, 2.05) is 12.1 Å². The lowest BCUT2D eigenvalue weighted by atomic mass is 10.0. The molecular weight excluding hydrogens is 190 g/mol. The Bertz CT molecular complexity index is 319. The zero-order chi connectivity index (χ0) is 10.7. The Balaban J connectivity index is 2.04. The van der Waals surface area contributed by atoms with Gasteiger partial charge in [-0.2, -0.15) is 0 Å². The fraction of sp³-hybridized carbons (Fsp3) is 0.500. The summed E-state index contributed by atoms with van der Waals surface area (Å²) in [5, 5.41) is 12.2. The third kappa shape index (κ3) is 2.37. The summed E-state index contributed by atoms with van der Waals surface area (Å²) in [6, 6.07) is 8.35. The van der Waals surface area contributed by atoms with Gasteiger partial charge in [-0.15, -0.1) is 0 Å². The fourth-order valence-electron chi connectivity index (χ4n) is 1.89. The van der Waals surface area contributed by atoms with E-state index in [-0.39, 0.29) is 18.8 Å². The molecule has 3 nitrogen and oxygen atoms in total. The van der Waals surface area contributed by atoms with Crippen LogP contribution in [0.4, 0.5) is 0 Å². The molecule has 0 amide bonds. The maximum absolute atomic E-state index is 8.96. The summed E-state index contributed by atoms with van der Waals surface area (Å²) in [5.41, 5.74) is 2.49. The maximum atomic E-state index is 8.96. The first-order valence-electron chi connectivity index (χ1n) is 5.32. The van der Waals surface area contributed by atoms with Crippen LogP contribution >= 0.6 is 0 Å². The Morgan fingerprint density at radius 2 is 2.27 bits per heavy atom. The Hall–Kier alpha value is -0.900.